The molecular weight excluding hydrogens is 619 g/mol. The number of rotatable bonds is 8. The summed E-state index contributed by atoms with van der Waals surface area (Å²) < 4.78 is 16.5. The maximum atomic E-state index is 15.1. The van der Waals surface area contributed by atoms with Crippen LogP contribution in [-0.2, 0) is 4.79 Å². The standard InChI is InChI=1S/C35H38ClFN8O2/c1-21(2)28-33(29(22(3)4)40-20-39-28)45-34-24(19-25(36)30(41-34)23-11-8-9-12-26(23)37)32(31(38-5)35(45)47)44-17-15-43(16-18-44)27(46)13-10-14-42(6)7/h8-13,19-22H,14-18H2,1-4,6-7H3/b13-10+. The summed E-state index contributed by atoms with van der Waals surface area (Å²) in [5.41, 5.74) is 1.95. The molecule has 47 heavy (non-hydrogen) atoms. The number of anilines is 1. The molecule has 0 N–H and O–H groups in total. The van der Waals surface area contributed by atoms with E-state index in [4.69, 9.17) is 23.2 Å². The number of carbonyl (C=O) groups excluding carboxylic acids is 1. The van der Waals surface area contributed by atoms with Gasteiger partial charge in [-0.15, -0.1) is 0 Å². The second-order valence-electron chi connectivity index (χ2n) is 12.4. The second kappa shape index (κ2) is 14.0. The van der Waals surface area contributed by atoms with Crippen LogP contribution in [0.3, 0.4) is 0 Å². The van der Waals surface area contributed by atoms with Crippen LogP contribution in [0.25, 0.3) is 32.8 Å². The fourth-order valence-electron chi connectivity index (χ4n) is 5.83. The van der Waals surface area contributed by atoms with E-state index >= 15 is 4.39 Å². The zero-order chi connectivity index (χ0) is 34.0. The lowest BCUT2D eigenvalue weighted by molar-refractivity contribution is -0.126. The third kappa shape index (κ3) is 6.62. The van der Waals surface area contributed by atoms with Gasteiger partial charge in [-0.1, -0.05) is 57.5 Å². The highest BCUT2D eigenvalue weighted by molar-refractivity contribution is 6.34. The Bertz CT molecular complexity index is 1930. The fraction of sp³-hybridized carbons (Fsp3) is 0.371. The number of likely N-dealkylation sites (N-methyl/N-ethyl adjacent to an activating group) is 1. The Morgan fingerprint density at radius 1 is 1.06 bits per heavy atom. The van der Waals surface area contributed by atoms with E-state index in [1.807, 2.05) is 57.7 Å². The van der Waals surface area contributed by atoms with Gasteiger partial charge in [0.25, 0.3) is 11.2 Å². The normalized spacial score (nSPS) is 13.8. The molecule has 0 spiro atoms. The fourth-order valence-corrected chi connectivity index (χ4v) is 6.08. The highest BCUT2D eigenvalue weighted by Gasteiger charge is 2.30. The summed E-state index contributed by atoms with van der Waals surface area (Å²) in [5, 5.41) is 0.627. The maximum Gasteiger partial charge on any atom is 0.274 e. The van der Waals surface area contributed by atoms with Crippen LogP contribution < -0.4 is 10.5 Å². The molecule has 1 aliphatic heterocycles. The van der Waals surface area contributed by atoms with Crippen molar-refractivity contribution in [1.29, 1.82) is 0 Å². The van der Waals surface area contributed by atoms with Crippen molar-refractivity contribution in [3.05, 3.63) is 92.8 Å². The second-order valence-corrected chi connectivity index (χ2v) is 12.8. The molecule has 1 saturated heterocycles. The molecule has 1 aliphatic rings. The summed E-state index contributed by atoms with van der Waals surface area (Å²) in [6.45, 7) is 18.3. The molecule has 0 radical (unpaired) electrons. The first-order valence-corrected chi connectivity index (χ1v) is 15.9. The van der Waals surface area contributed by atoms with E-state index in [1.54, 1.807) is 35.2 Å². The number of halogens is 2. The zero-order valence-corrected chi connectivity index (χ0v) is 28.2. The molecule has 4 aromatic rings. The van der Waals surface area contributed by atoms with Gasteiger partial charge in [-0.2, -0.15) is 0 Å². The lowest BCUT2D eigenvalue weighted by Gasteiger charge is -2.37. The van der Waals surface area contributed by atoms with Gasteiger partial charge in [-0.05, 0) is 44.1 Å². The van der Waals surface area contributed by atoms with Crippen molar-refractivity contribution in [2.75, 3.05) is 51.7 Å². The summed E-state index contributed by atoms with van der Waals surface area (Å²) in [6.07, 6.45) is 4.88. The Morgan fingerprint density at radius 2 is 1.70 bits per heavy atom. The van der Waals surface area contributed by atoms with E-state index in [9.17, 15) is 9.59 Å². The van der Waals surface area contributed by atoms with Crippen molar-refractivity contribution in [2.45, 2.75) is 39.5 Å². The highest BCUT2D eigenvalue weighted by atomic mass is 35.5. The lowest BCUT2D eigenvalue weighted by atomic mass is 10.0. The third-order valence-electron chi connectivity index (χ3n) is 8.13. The smallest absolute Gasteiger partial charge is 0.274 e. The number of aromatic nitrogens is 4. The molecule has 0 aliphatic carbocycles. The molecule has 10 nitrogen and oxygen atoms in total. The van der Waals surface area contributed by atoms with Crippen LogP contribution in [0.2, 0.25) is 5.02 Å². The molecule has 3 aromatic heterocycles. The van der Waals surface area contributed by atoms with Gasteiger partial charge in [-0.25, -0.2) is 24.2 Å². The number of hydrogen-bond acceptors (Lipinski definition) is 7. The van der Waals surface area contributed by atoms with Gasteiger partial charge in [0.15, 0.2) is 0 Å². The SMILES string of the molecule is [C-]#[N+]c1c(N2CCN(C(=O)/C=C/CN(C)C)CC2)c2cc(Cl)c(-c3ccccc3F)nc2n(-c2c(C(C)C)ncnc2C(C)C)c1=O. The molecule has 4 heterocycles. The van der Waals surface area contributed by atoms with Crippen molar-refractivity contribution in [1.82, 2.24) is 29.3 Å². The Morgan fingerprint density at radius 3 is 2.28 bits per heavy atom. The Balaban J connectivity index is 1.77. The number of nitrogens with zero attached hydrogens (tertiary/aromatic N) is 8. The summed E-state index contributed by atoms with van der Waals surface area (Å²) in [5.74, 6) is -0.802. The highest BCUT2D eigenvalue weighted by Crippen LogP contribution is 2.40. The van der Waals surface area contributed by atoms with Crippen LogP contribution in [0.15, 0.2) is 53.6 Å². The predicted octanol–water partition coefficient (Wildman–Crippen LogP) is 6.20. The molecule has 5 rings (SSSR count). The van der Waals surface area contributed by atoms with E-state index in [0.29, 0.717) is 60.9 Å². The molecule has 0 atom stereocenters. The van der Waals surface area contributed by atoms with E-state index in [0.717, 1.165) is 0 Å². The average molecular weight is 657 g/mol. The van der Waals surface area contributed by atoms with Crippen molar-refractivity contribution in [3.8, 4) is 16.9 Å². The van der Waals surface area contributed by atoms with Crippen LogP contribution >= 0.6 is 11.6 Å². The molecule has 12 heteroatoms. The van der Waals surface area contributed by atoms with Gasteiger partial charge >= 0.3 is 0 Å². The largest absolute Gasteiger partial charge is 0.376 e. The number of piperazine rings is 1. The minimum absolute atomic E-state index is 0.0945. The topological polar surface area (TPSA) is 91.8 Å². The zero-order valence-electron chi connectivity index (χ0n) is 27.5. The molecule has 1 amide bonds. The minimum Gasteiger partial charge on any atom is -0.376 e. The molecule has 244 valence electrons. The number of amides is 1. The first-order valence-electron chi connectivity index (χ1n) is 15.6. The predicted molar refractivity (Wildman–Crippen MR) is 184 cm³/mol. The minimum atomic E-state index is -0.583. The van der Waals surface area contributed by atoms with E-state index in [1.165, 1.54) is 17.0 Å². The van der Waals surface area contributed by atoms with Gasteiger partial charge < -0.3 is 14.7 Å². The van der Waals surface area contributed by atoms with Gasteiger partial charge in [-0.3, -0.25) is 14.2 Å². The van der Waals surface area contributed by atoms with Crippen LogP contribution in [0.4, 0.5) is 15.8 Å². The van der Waals surface area contributed by atoms with Crippen molar-refractivity contribution in [3.63, 3.8) is 0 Å². The number of fused-ring (bicyclic) bond motifs is 1. The lowest BCUT2D eigenvalue weighted by Crippen LogP contribution is -2.48. The van der Waals surface area contributed by atoms with Crippen molar-refractivity contribution in [2.24, 2.45) is 0 Å². The molecule has 1 fully saturated rings. The van der Waals surface area contributed by atoms with E-state index < -0.39 is 11.4 Å². The summed E-state index contributed by atoms with van der Waals surface area (Å²) in [7, 11) is 3.86. The molecule has 1 aromatic carbocycles. The Hall–Kier alpha value is -4.66. The van der Waals surface area contributed by atoms with Crippen LogP contribution in [0.1, 0.15) is 50.9 Å². The van der Waals surface area contributed by atoms with Crippen LogP contribution in [0, 0.1) is 12.4 Å². The van der Waals surface area contributed by atoms with Crippen molar-refractivity contribution >= 4 is 39.9 Å². The van der Waals surface area contributed by atoms with Gasteiger partial charge in [0.2, 0.25) is 5.91 Å². The Labute approximate surface area is 278 Å². The first kappa shape index (κ1) is 33.7. The van der Waals surface area contributed by atoms with E-state index in [2.05, 4.69) is 14.8 Å². The third-order valence-corrected chi connectivity index (χ3v) is 8.42. The maximum absolute atomic E-state index is 15.1. The number of hydrogen-bond donors (Lipinski definition) is 0. The quantitative estimate of drug-likeness (QED) is 0.165. The first-order chi connectivity index (χ1) is 22.4. The van der Waals surface area contributed by atoms with Crippen LogP contribution in [0.5, 0.6) is 0 Å². The molecule has 0 saturated carbocycles. The summed E-state index contributed by atoms with van der Waals surface area (Å²) >= 11 is 6.85. The molecular formula is C35H38ClFN8O2. The molecule has 0 bridgehead atoms. The van der Waals surface area contributed by atoms with Gasteiger partial charge in [0.05, 0.1) is 40.1 Å². The van der Waals surface area contributed by atoms with Crippen LogP contribution in [-0.4, -0.2) is 82.0 Å². The van der Waals surface area contributed by atoms with Gasteiger partial charge in [0, 0.05) is 49.7 Å². The average Bonchev–Trinajstić information content (AvgIpc) is 3.04. The number of carbonyl (C=O) groups is 1. The van der Waals surface area contributed by atoms with E-state index in [-0.39, 0.29) is 45.4 Å². The summed E-state index contributed by atoms with van der Waals surface area (Å²) in [6, 6.07) is 7.84. The summed E-state index contributed by atoms with van der Waals surface area (Å²) in [4.78, 5) is 50.9. The van der Waals surface area contributed by atoms with Crippen molar-refractivity contribution < 1.29 is 9.18 Å². The molecule has 0 unspecified atom stereocenters. The van der Waals surface area contributed by atoms with Gasteiger partial charge in [0.1, 0.15) is 17.8 Å². The monoisotopic (exact) mass is 656 g/mol. The number of pyridine rings is 2. The Kier molecular flexibility index (Phi) is 10.0. The number of benzene rings is 1.